The van der Waals surface area contributed by atoms with E-state index in [9.17, 15) is 13.2 Å². The molecular formula is C25H20Cl2N4O4S. The number of halogens is 2. The first kappa shape index (κ1) is 25.4. The van der Waals surface area contributed by atoms with Crippen molar-refractivity contribution in [3.8, 4) is 5.75 Å². The lowest BCUT2D eigenvalue weighted by atomic mass is 10.1. The van der Waals surface area contributed by atoms with Crippen LogP contribution in [0.2, 0.25) is 10.2 Å². The molecule has 1 amide bonds. The molecule has 1 heterocycles. The van der Waals surface area contributed by atoms with Gasteiger partial charge in [0.05, 0.1) is 29.4 Å². The Morgan fingerprint density at radius 1 is 1.06 bits per heavy atom. The number of carbonyl (C=O) groups is 1. The molecule has 4 rings (SSSR count). The van der Waals surface area contributed by atoms with Crippen LogP contribution in [0.4, 0.5) is 5.69 Å². The Kier molecular flexibility index (Phi) is 7.73. The van der Waals surface area contributed by atoms with Crippen LogP contribution in [-0.4, -0.2) is 39.2 Å². The first-order chi connectivity index (χ1) is 17.3. The quantitative estimate of drug-likeness (QED) is 0.194. The molecule has 3 aromatic carbocycles. The lowest BCUT2D eigenvalue weighted by Gasteiger charge is -2.23. The number of hydrogen-bond acceptors (Lipinski definition) is 6. The molecule has 0 unspecified atom stereocenters. The lowest BCUT2D eigenvalue weighted by molar-refractivity contribution is -0.119. The van der Waals surface area contributed by atoms with E-state index in [2.05, 4.69) is 15.5 Å². The van der Waals surface area contributed by atoms with E-state index in [0.29, 0.717) is 27.5 Å². The number of fused-ring (bicyclic) bond motifs is 1. The van der Waals surface area contributed by atoms with Crippen molar-refractivity contribution in [3.63, 3.8) is 0 Å². The molecule has 0 fully saturated rings. The molecule has 0 radical (unpaired) electrons. The third-order valence-corrected chi connectivity index (χ3v) is 7.47. The number of rotatable bonds is 8. The van der Waals surface area contributed by atoms with Gasteiger partial charge in [0.2, 0.25) is 0 Å². The van der Waals surface area contributed by atoms with Gasteiger partial charge in [0.15, 0.2) is 0 Å². The highest BCUT2D eigenvalue weighted by Crippen LogP contribution is 2.25. The molecule has 184 valence electrons. The van der Waals surface area contributed by atoms with Crippen LogP contribution in [0.25, 0.3) is 10.9 Å². The van der Waals surface area contributed by atoms with E-state index in [1.54, 1.807) is 55.6 Å². The highest BCUT2D eigenvalue weighted by molar-refractivity contribution is 7.92. The highest BCUT2D eigenvalue weighted by Gasteiger charge is 2.27. The van der Waals surface area contributed by atoms with Gasteiger partial charge in [-0.15, -0.1) is 0 Å². The van der Waals surface area contributed by atoms with E-state index in [-0.39, 0.29) is 10.0 Å². The van der Waals surface area contributed by atoms with Crippen molar-refractivity contribution in [2.75, 3.05) is 18.0 Å². The summed E-state index contributed by atoms with van der Waals surface area (Å²) in [6.45, 7) is -0.504. The van der Waals surface area contributed by atoms with Crippen molar-refractivity contribution in [1.82, 2.24) is 10.4 Å². The van der Waals surface area contributed by atoms with Crippen LogP contribution < -0.4 is 14.5 Å². The number of methoxy groups -OCH3 is 1. The third kappa shape index (κ3) is 5.76. The molecule has 0 aliphatic heterocycles. The summed E-state index contributed by atoms with van der Waals surface area (Å²) in [6.07, 6.45) is 1.34. The summed E-state index contributed by atoms with van der Waals surface area (Å²) in [5.74, 6) is -0.00137. The number of ether oxygens (including phenoxy) is 1. The molecule has 0 aliphatic carbocycles. The molecule has 0 spiro atoms. The predicted molar refractivity (Wildman–Crippen MR) is 141 cm³/mol. The fraction of sp³-hybridized carbons (Fsp3) is 0.0800. The highest BCUT2D eigenvalue weighted by atomic mass is 35.5. The minimum Gasteiger partial charge on any atom is -0.497 e. The number of anilines is 1. The average molecular weight is 543 g/mol. The molecule has 0 aliphatic rings. The fourth-order valence-corrected chi connectivity index (χ4v) is 5.08. The van der Waals surface area contributed by atoms with Gasteiger partial charge < -0.3 is 4.74 Å². The molecule has 8 nitrogen and oxygen atoms in total. The van der Waals surface area contributed by atoms with E-state index < -0.39 is 22.5 Å². The van der Waals surface area contributed by atoms with Crippen molar-refractivity contribution in [1.29, 1.82) is 0 Å². The molecule has 1 aromatic heterocycles. The van der Waals surface area contributed by atoms with E-state index in [4.69, 9.17) is 27.9 Å². The summed E-state index contributed by atoms with van der Waals surface area (Å²) in [6, 6.07) is 21.1. The second-order valence-electron chi connectivity index (χ2n) is 7.52. The second-order valence-corrected chi connectivity index (χ2v) is 10.2. The summed E-state index contributed by atoms with van der Waals surface area (Å²) in [4.78, 5) is 17.0. The number of nitrogens with one attached hydrogen (secondary N) is 1. The number of pyridine rings is 1. The summed E-state index contributed by atoms with van der Waals surface area (Å²) >= 11 is 12.2. The SMILES string of the molecule is COc1ccc2cc(/C=N\NC(=O)CN(c3ccccc3)S(=O)(=O)c3ccc(Cl)cc3)c(Cl)nc2c1. The summed E-state index contributed by atoms with van der Waals surface area (Å²) in [7, 11) is -2.50. The fourth-order valence-electron chi connectivity index (χ4n) is 3.34. The Morgan fingerprint density at radius 2 is 1.78 bits per heavy atom. The number of amides is 1. The second kappa shape index (κ2) is 10.9. The van der Waals surface area contributed by atoms with Crippen LogP contribution in [0.3, 0.4) is 0 Å². The average Bonchev–Trinajstić information content (AvgIpc) is 2.88. The Morgan fingerprint density at radius 3 is 2.47 bits per heavy atom. The lowest BCUT2D eigenvalue weighted by Crippen LogP contribution is -2.39. The van der Waals surface area contributed by atoms with Crippen LogP contribution in [0, 0.1) is 0 Å². The number of benzene rings is 3. The number of para-hydroxylation sites is 1. The van der Waals surface area contributed by atoms with Crippen molar-refractivity contribution >= 4 is 61.9 Å². The molecular weight excluding hydrogens is 523 g/mol. The normalized spacial score (nSPS) is 11.5. The summed E-state index contributed by atoms with van der Waals surface area (Å²) in [5.41, 5.74) is 3.80. The number of sulfonamides is 1. The van der Waals surface area contributed by atoms with Crippen molar-refractivity contribution in [2.24, 2.45) is 5.10 Å². The van der Waals surface area contributed by atoms with Gasteiger partial charge in [0.25, 0.3) is 15.9 Å². The Labute approximate surface area is 218 Å². The topological polar surface area (TPSA) is 101 Å². The first-order valence-electron chi connectivity index (χ1n) is 10.6. The zero-order valence-corrected chi connectivity index (χ0v) is 21.3. The molecule has 4 aromatic rings. The minimum absolute atomic E-state index is 0.00213. The van der Waals surface area contributed by atoms with Crippen molar-refractivity contribution < 1.29 is 17.9 Å². The number of hydrazone groups is 1. The Hall–Kier alpha value is -3.66. The van der Waals surface area contributed by atoms with Crippen LogP contribution >= 0.6 is 23.2 Å². The van der Waals surface area contributed by atoms with Gasteiger partial charge in [-0.1, -0.05) is 41.4 Å². The maximum absolute atomic E-state index is 13.3. The maximum Gasteiger partial charge on any atom is 0.264 e. The van der Waals surface area contributed by atoms with Gasteiger partial charge in [-0.25, -0.2) is 18.8 Å². The zero-order chi connectivity index (χ0) is 25.7. The number of hydrogen-bond donors (Lipinski definition) is 1. The minimum atomic E-state index is -4.06. The largest absolute Gasteiger partial charge is 0.497 e. The Balaban J connectivity index is 1.54. The molecule has 1 N–H and O–H groups in total. The standard InChI is InChI=1S/C25H20Cl2N4O4S/c1-35-21-10-7-17-13-18(25(27)29-23(17)14-21)15-28-30-24(32)16-31(20-5-3-2-4-6-20)36(33,34)22-11-8-19(26)9-12-22/h2-15H,16H2,1H3,(H,30,32)/b28-15-. The summed E-state index contributed by atoms with van der Waals surface area (Å²) < 4.78 is 32.8. The number of aromatic nitrogens is 1. The van der Waals surface area contributed by atoms with Crippen molar-refractivity contribution in [2.45, 2.75) is 4.90 Å². The maximum atomic E-state index is 13.3. The monoisotopic (exact) mass is 542 g/mol. The Bertz CT molecular complexity index is 1530. The van der Waals surface area contributed by atoms with Crippen LogP contribution in [0.15, 0.2) is 88.9 Å². The smallest absolute Gasteiger partial charge is 0.264 e. The van der Waals surface area contributed by atoms with Gasteiger partial charge >= 0.3 is 0 Å². The van der Waals surface area contributed by atoms with Gasteiger partial charge in [-0.2, -0.15) is 5.10 Å². The van der Waals surface area contributed by atoms with Gasteiger partial charge in [0, 0.05) is 22.0 Å². The molecule has 0 atom stereocenters. The van der Waals surface area contributed by atoms with E-state index >= 15 is 0 Å². The van der Waals surface area contributed by atoms with E-state index in [0.717, 1.165) is 9.69 Å². The van der Waals surface area contributed by atoms with Crippen LogP contribution in [0.1, 0.15) is 5.56 Å². The third-order valence-electron chi connectivity index (χ3n) is 5.13. The predicted octanol–water partition coefficient (Wildman–Crippen LogP) is 4.90. The zero-order valence-electron chi connectivity index (χ0n) is 18.9. The number of carbonyl (C=O) groups excluding carboxylic acids is 1. The van der Waals surface area contributed by atoms with Gasteiger partial charge in [-0.05, 0) is 54.6 Å². The van der Waals surface area contributed by atoms with Gasteiger partial charge in [-0.3, -0.25) is 9.10 Å². The molecule has 0 saturated heterocycles. The molecule has 0 bridgehead atoms. The molecule has 36 heavy (non-hydrogen) atoms. The van der Waals surface area contributed by atoms with Gasteiger partial charge in [0.1, 0.15) is 17.4 Å². The van der Waals surface area contributed by atoms with E-state index in [1.807, 2.05) is 6.07 Å². The first-order valence-corrected chi connectivity index (χ1v) is 12.8. The van der Waals surface area contributed by atoms with Crippen LogP contribution in [0.5, 0.6) is 5.75 Å². The van der Waals surface area contributed by atoms with Crippen molar-refractivity contribution in [3.05, 3.63) is 94.6 Å². The van der Waals surface area contributed by atoms with E-state index in [1.165, 1.54) is 30.5 Å². The summed E-state index contributed by atoms with van der Waals surface area (Å²) in [5, 5.41) is 5.33. The van der Waals surface area contributed by atoms with Crippen LogP contribution in [-0.2, 0) is 14.8 Å². The number of nitrogens with zero attached hydrogens (tertiary/aromatic N) is 3. The molecule has 11 heteroatoms. The molecule has 0 saturated carbocycles.